The van der Waals surface area contributed by atoms with Crippen LogP contribution in [-0.4, -0.2) is 52.4 Å². The average Bonchev–Trinajstić information content (AvgIpc) is 2.18. The monoisotopic (exact) mass is 217 g/mol. The summed E-state index contributed by atoms with van der Waals surface area (Å²) >= 11 is 0. The van der Waals surface area contributed by atoms with E-state index in [4.69, 9.17) is 9.84 Å². The molecule has 0 aromatic rings. The number of rotatable bonds is 3. The van der Waals surface area contributed by atoms with E-state index in [1.807, 2.05) is 0 Å². The van der Waals surface area contributed by atoms with Crippen LogP contribution in [0.2, 0.25) is 0 Å². The van der Waals surface area contributed by atoms with Gasteiger partial charge in [-0.1, -0.05) is 6.58 Å². The van der Waals surface area contributed by atoms with Crippen molar-refractivity contribution in [2.24, 2.45) is 0 Å². The van der Waals surface area contributed by atoms with Crippen molar-refractivity contribution in [1.29, 1.82) is 0 Å². The van der Waals surface area contributed by atoms with E-state index in [1.165, 1.54) is 0 Å². The summed E-state index contributed by atoms with van der Waals surface area (Å²) in [6.07, 6.45) is -3.07. The van der Waals surface area contributed by atoms with Crippen molar-refractivity contribution in [3.05, 3.63) is 12.3 Å². The van der Waals surface area contributed by atoms with Crippen LogP contribution < -0.4 is 5.32 Å². The molecule has 0 saturated carbocycles. The molecule has 5 atom stereocenters. The van der Waals surface area contributed by atoms with E-state index in [-0.39, 0.29) is 12.7 Å². The van der Waals surface area contributed by atoms with Gasteiger partial charge in [0.2, 0.25) is 0 Å². The van der Waals surface area contributed by atoms with E-state index in [2.05, 4.69) is 11.9 Å². The third-order valence-electron chi connectivity index (χ3n) is 2.59. The largest absolute Gasteiger partial charge is 0.394 e. The third kappa shape index (κ3) is 2.69. The number of allylic oxidation sites excluding steroid dienone is 1. The van der Waals surface area contributed by atoms with Gasteiger partial charge in [0.25, 0.3) is 0 Å². The van der Waals surface area contributed by atoms with Crippen molar-refractivity contribution in [2.75, 3.05) is 6.61 Å². The Hall–Kier alpha value is -0.620. The Labute approximate surface area is 89.4 Å². The maximum Gasteiger partial charge on any atom is 0.110 e. The van der Waals surface area contributed by atoms with Gasteiger partial charge in [0.05, 0.1) is 18.8 Å². The van der Waals surface area contributed by atoms with Crippen LogP contribution in [0.15, 0.2) is 12.3 Å². The van der Waals surface area contributed by atoms with Gasteiger partial charge in [-0.3, -0.25) is 0 Å². The van der Waals surface area contributed by atoms with Crippen LogP contribution in [0.25, 0.3) is 0 Å². The van der Waals surface area contributed by atoms with E-state index < -0.39 is 24.4 Å². The second-order valence-corrected chi connectivity index (χ2v) is 3.99. The van der Waals surface area contributed by atoms with E-state index in [0.717, 1.165) is 0 Å². The lowest BCUT2D eigenvalue weighted by Gasteiger charge is -2.41. The lowest BCUT2D eigenvalue weighted by atomic mass is 9.93. The van der Waals surface area contributed by atoms with Gasteiger partial charge in [0.15, 0.2) is 0 Å². The fraction of sp³-hybridized carbons (Fsp3) is 0.800. The highest BCUT2D eigenvalue weighted by molar-refractivity contribution is 5.00. The van der Waals surface area contributed by atoms with Crippen LogP contribution in [0.3, 0.4) is 0 Å². The Morgan fingerprint density at radius 2 is 2.00 bits per heavy atom. The zero-order valence-electron chi connectivity index (χ0n) is 9.05. The zero-order chi connectivity index (χ0) is 11.6. The van der Waals surface area contributed by atoms with Gasteiger partial charge in [-0.25, -0.2) is 0 Å². The molecule has 0 amide bonds. The van der Waals surface area contributed by atoms with Crippen LogP contribution >= 0.6 is 0 Å². The Balaban J connectivity index is 2.70. The van der Waals surface area contributed by atoms with Crippen molar-refractivity contribution in [3.63, 3.8) is 0 Å². The molecule has 1 rings (SSSR count). The quantitative estimate of drug-likeness (QED) is 0.486. The highest BCUT2D eigenvalue weighted by atomic mass is 16.5. The first-order valence-electron chi connectivity index (χ1n) is 5.02. The molecule has 0 spiro atoms. The highest BCUT2D eigenvalue weighted by Gasteiger charge is 2.42. The van der Waals surface area contributed by atoms with Crippen molar-refractivity contribution in [3.8, 4) is 0 Å². The molecule has 1 aliphatic heterocycles. The summed E-state index contributed by atoms with van der Waals surface area (Å²) in [7, 11) is 0. The summed E-state index contributed by atoms with van der Waals surface area (Å²) in [6.45, 7) is 6.91. The van der Waals surface area contributed by atoms with E-state index in [1.54, 1.807) is 13.8 Å². The minimum atomic E-state index is -1.08. The van der Waals surface area contributed by atoms with Crippen molar-refractivity contribution in [2.45, 2.75) is 44.3 Å². The number of aliphatic hydroxyl groups excluding tert-OH is 3. The van der Waals surface area contributed by atoms with Crippen LogP contribution in [0.1, 0.15) is 13.8 Å². The zero-order valence-corrected chi connectivity index (χ0v) is 9.05. The molecular formula is C10H19NO4. The molecule has 0 aromatic heterocycles. The summed E-state index contributed by atoms with van der Waals surface area (Å²) in [6, 6.07) is -0.403. The minimum Gasteiger partial charge on any atom is -0.394 e. The average molecular weight is 217 g/mol. The van der Waals surface area contributed by atoms with E-state index in [9.17, 15) is 10.2 Å². The Morgan fingerprint density at radius 1 is 1.40 bits per heavy atom. The summed E-state index contributed by atoms with van der Waals surface area (Å²) < 4.78 is 5.37. The van der Waals surface area contributed by atoms with Crippen LogP contribution in [0, 0.1) is 0 Å². The smallest absolute Gasteiger partial charge is 0.110 e. The van der Waals surface area contributed by atoms with Crippen LogP contribution in [-0.2, 0) is 4.74 Å². The molecule has 1 heterocycles. The van der Waals surface area contributed by atoms with Gasteiger partial charge in [-0.2, -0.15) is 0 Å². The number of nitrogens with one attached hydrogen (secondary N) is 1. The van der Waals surface area contributed by atoms with Crippen LogP contribution in [0.5, 0.6) is 0 Å². The molecule has 4 N–H and O–H groups in total. The Bertz CT molecular complexity index is 233. The van der Waals surface area contributed by atoms with Gasteiger partial charge < -0.3 is 25.4 Å². The number of hydrogen-bond acceptors (Lipinski definition) is 5. The molecule has 88 valence electrons. The molecule has 0 aliphatic carbocycles. The second kappa shape index (κ2) is 4.94. The number of hydrogen-bond donors (Lipinski definition) is 4. The van der Waals surface area contributed by atoms with E-state index in [0.29, 0.717) is 5.70 Å². The molecule has 0 aromatic carbocycles. The highest BCUT2D eigenvalue weighted by Crippen LogP contribution is 2.21. The maximum atomic E-state index is 9.81. The maximum absolute atomic E-state index is 9.81. The fourth-order valence-corrected chi connectivity index (χ4v) is 1.79. The van der Waals surface area contributed by atoms with Crippen LogP contribution in [0.4, 0.5) is 0 Å². The third-order valence-corrected chi connectivity index (χ3v) is 2.59. The molecule has 15 heavy (non-hydrogen) atoms. The van der Waals surface area contributed by atoms with Gasteiger partial charge in [0, 0.05) is 5.70 Å². The fourth-order valence-electron chi connectivity index (χ4n) is 1.79. The van der Waals surface area contributed by atoms with Gasteiger partial charge in [0.1, 0.15) is 18.3 Å². The van der Waals surface area contributed by atoms with Crippen molar-refractivity contribution < 1.29 is 20.1 Å². The molecule has 1 saturated heterocycles. The number of ether oxygens (including phenoxy) is 1. The Kier molecular flexibility index (Phi) is 4.10. The summed E-state index contributed by atoms with van der Waals surface area (Å²) in [5, 5.41) is 31.3. The SMILES string of the molecule is C=C(C)NC1C(C)OC(CO)C(O)C1O. The molecule has 0 radical (unpaired) electrons. The normalized spacial score (nSPS) is 41.3. The number of aliphatic hydroxyl groups is 3. The predicted octanol–water partition coefficient (Wildman–Crippen LogP) is -1.02. The molecular weight excluding hydrogens is 198 g/mol. The van der Waals surface area contributed by atoms with Gasteiger partial charge in [-0.05, 0) is 13.8 Å². The van der Waals surface area contributed by atoms with Crippen molar-refractivity contribution >= 4 is 0 Å². The summed E-state index contributed by atoms with van der Waals surface area (Å²) in [5.74, 6) is 0. The standard InChI is InChI=1S/C10H19NO4/c1-5(2)11-8-6(3)15-7(4-12)9(13)10(8)14/h6-14H,1,4H2,2-3H3. The molecule has 0 bridgehead atoms. The molecule has 5 nitrogen and oxygen atoms in total. The molecule has 1 aliphatic rings. The minimum absolute atomic E-state index is 0.294. The second-order valence-electron chi connectivity index (χ2n) is 3.99. The first-order chi connectivity index (χ1) is 6.97. The molecule has 5 heteroatoms. The summed E-state index contributed by atoms with van der Waals surface area (Å²) in [5.41, 5.74) is 0.698. The summed E-state index contributed by atoms with van der Waals surface area (Å²) in [4.78, 5) is 0. The van der Waals surface area contributed by atoms with E-state index >= 15 is 0 Å². The van der Waals surface area contributed by atoms with Gasteiger partial charge in [-0.15, -0.1) is 0 Å². The van der Waals surface area contributed by atoms with Crippen molar-refractivity contribution in [1.82, 2.24) is 5.32 Å². The Morgan fingerprint density at radius 3 is 2.47 bits per heavy atom. The topological polar surface area (TPSA) is 82.0 Å². The first kappa shape index (κ1) is 12.4. The molecule has 1 fully saturated rings. The lowest BCUT2D eigenvalue weighted by Crippen LogP contribution is -2.62. The lowest BCUT2D eigenvalue weighted by molar-refractivity contribution is -0.188. The molecule has 5 unspecified atom stereocenters. The van der Waals surface area contributed by atoms with Gasteiger partial charge >= 0.3 is 0 Å². The predicted molar refractivity (Wildman–Crippen MR) is 55.2 cm³/mol. The first-order valence-corrected chi connectivity index (χ1v) is 5.02.